The highest BCUT2D eigenvalue weighted by atomic mass is 16.8. The standard InChI is InChI=1S/C34H58N2O26/c1-8(40)35-15-20(45)28(11(4-38)56-30(15)53)61-31-16(36-9(2)41)21(46)29(12(5-39)58-31)62-34-27(52)24(49)19(44)14(60-34)7-55-33-26(51)23(48)18(43)13(59-33)6-54-32-25(50)22(47)17(42)10(3-37)57-32/h10-34,37-39,42-53H,3-7H2,1-2H3,(H,35,40)(H,36,41)/t10-,11-,12-,13-,14-,15-,16-,17-,18-,19-,20-,21-,22+,23+,24+,25+,26+,27+,28-,29-,30?,31?,32?,33?,34?/m1/s1. The van der Waals surface area contributed by atoms with Crippen molar-refractivity contribution in [3.63, 3.8) is 0 Å². The molecule has 0 aromatic carbocycles. The van der Waals surface area contributed by atoms with E-state index in [2.05, 4.69) is 10.6 Å². The summed E-state index contributed by atoms with van der Waals surface area (Å²) >= 11 is 0. The second-order valence-corrected chi connectivity index (χ2v) is 15.5. The summed E-state index contributed by atoms with van der Waals surface area (Å²) in [6.45, 7) is -1.93. The van der Waals surface area contributed by atoms with Crippen LogP contribution in [0.25, 0.3) is 0 Å². The molecule has 0 bridgehead atoms. The van der Waals surface area contributed by atoms with Crippen molar-refractivity contribution in [2.75, 3.05) is 33.0 Å². The quantitative estimate of drug-likeness (QED) is 0.0725. The Hall–Kier alpha value is -2.02. The fourth-order valence-corrected chi connectivity index (χ4v) is 7.63. The summed E-state index contributed by atoms with van der Waals surface area (Å²) in [6.07, 6.45) is -40.9. The smallest absolute Gasteiger partial charge is 0.217 e. The Bertz CT molecular complexity index is 1440. The Morgan fingerprint density at radius 2 is 0.774 bits per heavy atom. The molecule has 0 radical (unpaired) electrons. The molecule has 0 saturated carbocycles. The average Bonchev–Trinajstić information content (AvgIpc) is 3.23. The normalized spacial score (nSPS) is 49.0. The van der Waals surface area contributed by atoms with E-state index in [0.717, 1.165) is 13.8 Å². The zero-order valence-corrected chi connectivity index (χ0v) is 33.2. The molecule has 62 heavy (non-hydrogen) atoms. The van der Waals surface area contributed by atoms with E-state index in [1.165, 1.54) is 0 Å². The van der Waals surface area contributed by atoms with Crippen LogP contribution in [0.5, 0.6) is 0 Å². The Balaban J connectivity index is 1.26. The molecule has 5 aliphatic rings. The summed E-state index contributed by atoms with van der Waals surface area (Å²) in [4.78, 5) is 24.0. The molecule has 17 N–H and O–H groups in total. The van der Waals surface area contributed by atoms with Gasteiger partial charge in [0.05, 0.1) is 33.0 Å². The van der Waals surface area contributed by atoms with Crippen LogP contribution in [0, 0.1) is 0 Å². The molecule has 360 valence electrons. The van der Waals surface area contributed by atoms with Crippen LogP contribution in [0.1, 0.15) is 13.8 Å². The number of ether oxygens (including phenoxy) is 9. The van der Waals surface area contributed by atoms with E-state index < -0.39 is 198 Å². The Labute approximate surface area is 351 Å². The maximum atomic E-state index is 12.3. The van der Waals surface area contributed by atoms with Crippen LogP contribution in [0.3, 0.4) is 0 Å². The lowest BCUT2D eigenvalue weighted by molar-refractivity contribution is -0.366. The fourth-order valence-electron chi connectivity index (χ4n) is 7.63. The Morgan fingerprint density at radius 3 is 1.24 bits per heavy atom. The van der Waals surface area contributed by atoms with E-state index >= 15 is 0 Å². The Morgan fingerprint density at radius 1 is 0.419 bits per heavy atom. The third kappa shape index (κ3) is 11.1. The zero-order chi connectivity index (χ0) is 45.9. The number of rotatable bonds is 15. The van der Waals surface area contributed by atoms with Crippen molar-refractivity contribution in [2.45, 2.75) is 167 Å². The number of amides is 2. The maximum Gasteiger partial charge on any atom is 0.217 e. The summed E-state index contributed by atoms with van der Waals surface area (Å²) < 4.78 is 50.2. The van der Waals surface area contributed by atoms with Gasteiger partial charge in [-0.25, -0.2) is 0 Å². The van der Waals surface area contributed by atoms with Gasteiger partial charge in [0.15, 0.2) is 31.5 Å². The number of hydrogen-bond acceptors (Lipinski definition) is 26. The highest BCUT2D eigenvalue weighted by Gasteiger charge is 2.55. The van der Waals surface area contributed by atoms with Crippen molar-refractivity contribution in [3.05, 3.63) is 0 Å². The first-order valence-corrected chi connectivity index (χ1v) is 19.6. The van der Waals surface area contributed by atoms with Gasteiger partial charge in [-0.05, 0) is 0 Å². The lowest BCUT2D eigenvalue weighted by Crippen LogP contribution is -2.70. The second kappa shape index (κ2) is 22.0. The van der Waals surface area contributed by atoms with Crippen LogP contribution in [-0.2, 0) is 52.2 Å². The van der Waals surface area contributed by atoms with Crippen LogP contribution in [0.2, 0.25) is 0 Å². The molecule has 5 heterocycles. The molecule has 5 aliphatic heterocycles. The van der Waals surface area contributed by atoms with Crippen LogP contribution in [-0.4, -0.2) is 275 Å². The predicted octanol–water partition coefficient (Wildman–Crippen LogP) is -11.6. The molecule has 28 nitrogen and oxygen atoms in total. The van der Waals surface area contributed by atoms with Crippen LogP contribution in [0.4, 0.5) is 0 Å². The predicted molar refractivity (Wildman–Crippen MR) is 190 cm³/mol. The minimum Gasteiger partial charge on any atom is -0.394 e. The Kier molecular flexibility index (Phi) is 18.1. The first kappa shape index (κ1) is 51.0. The van der Waals surface area contributed by atoms with Gasteiger partial charge in [-0.15, -0.1) is 0 Å². The first-order valence-electron chi connectivity index (χ1n) is 19.6. The van der Waals surface area contributed by atoms with E-state index in [4.69, 9.17) is 42.6 Å². The zero-order valence-electron chi connectivity index (χ0n) is 33.2. The minimum atomic E-state index is -2.07. The molecule has 5 rings (SSSR count). The van der Waals surface area contributed by atoms with E-state index in [1.807, 2.05) is 0 Å². The van der Waals surface area contributed by atoms with Gasteiger partial charge in [-0.3, -0.25) is 9.59 Å². The third-order valence-corrected chi connectivity index (χ3v) is 11.1. The molecule has 2 amide bonds. The number of aliphatic hydroxyl groups excluding tert-OH is 15. The van der Waals surface area contributed by atoms with Crippen LogP contribution < -0.4 is 10.6 Å². The van der Waals surface area contributed by atoms with Crippen molar-refractivity contribution >= 4 is 11.8 Å². The van der Waals surface area contributed by atoms with E-state index in [1.54, 1.807) is 0 Å². The number of carbonyl (C=O) groups excluding carboxylic acids is 2. The maximum absolute atomic E-state index is 12.3. The lowest BCUT2D eigenvalue weighted by atomic mass is 9.94. The van der Waals surface area contributed by atoms with Gasteiger partial charge in [0.1, 0.15) is 122 Å². The average molecular weight is 911 g/mol. The highest BCUT2D eigenvalue weighted by molar-refractivity contribution is 5.73. The van der Waals surface area contributed by atoms with Gasteiger partial charge in [0, 0.05) is 13.8 Å². The van der Waals surface area contributed by atoms with Crippen LogP contribution in [0.15, 0.2) is 0 Å². The van der Waals surface area contributed by atoms with E-state index in [9.17, 15) is 86.2 Å². The number of hydrogen-bond donors (Lipinski definition) is 17. The van der Waals surface area contributed by atoms with Gasteiger partial charge in [-0.2, -0.15) is 0 Å². The molecule has 0 aromatic heterocycles. The van der Waals surface area contributed by atoms with Crippen molar-refractivity contribution in [2.24, 2.45) is 0 Å². The van der Waals surface area contributed by atoms with Crippen molar-refractivity contribution in [1.29, 1.82) is 0 Å². The van der Waals surface area contributed by atoms with Gasteiger partial charge in [0.2, 0.25) is 11.8 Å². The molecule has 5 fully saturated rings. The molecule has 5 saturated heterocycles. The lowest BCUT2D eigenvalue weighted by Gasteiger charge is -2.49. The van der Waals surface area contributed by atoms with Crippen molar-refractivity contribution in [1.82, 2.24) is 10.6 Å². The molecular weight excluding hydrogens is 852 g/mol. The van der Waals surface area contributed by atoms with Gasteiger partial charge < -0.3 is 130 Å². The monoisotopic (exact) mass is 910 g/mol. The topological polar surface area (TPSA) is 445 Å². The number of aliphatic hydroxyl groups is 15. The minimum absolute atomic E-state index is 0.678. The third-order valence-electron chi connectivity index (χ3n) is 11.1. The van der Waals surface area contributed by atoms with Crippen molar-refractivity contribution in [3.8, 4) is 0 Å². The summed E-state index contributed by atoms with van der Waals surface area (Å²) in [5, 5.41) is 162. The molecule has 25 atom stereocenters. The van der Waals surface area contributed by atoms with Gasteiger partial charge >= 0.3 is 0 Å². The van der Waals surface area contributed by atoms with Gasteiger partial charge in [-0.1, -0.05) is 0 Å². The molecule has 0 aliphatic carbocycles. The summed E-state index contributed by atoms with van der Waals surface area (Å²) in [5.74, 6) is -1.45. The van der Waals surface area contributed by atoms with Crippen molar-refractivity contribution < 1.29 is 129 Å². The second-order valence-electron chi connectivity index (χ2n) is 15.5. The van der Waals surface area contributed by atoms with Gasteiger partial charge in [0.25, 0.3) is 0 Å². The summed E-state index contributed by atoms with van der Waals surface area (Å²) in [7, 11) is 0. The largest absolute Gasteiger partial charge is 0.394 e. The molecular formula is C34H58N2O26. The summed E-state index contributed by atoms with van der Waals surface area (Å²) in [6, 6.07) is -3.11. The molecule has 28 heteroatoms. The highest BCUT2D eigenvalue weighted by Crippen LogP contribution is 2.33. The SMILES string of the molecule is CC(=O)N[C@H]1C(O)O[C@H](CO)[C@@H](OC2O[C@H](CO)[C@@H](OC3O[C@H](COC4O[C@H](COC5O[C@H](CO)[C@@H](O)[C@H](O)[C@@H]5O)[C@@H](O)[C@H](O)[C@@H]4O)[C@@H](O)[C@H](O)[C@@H]3O)[C@H](O)[C@H]2NC(C)=O)[C@@H]1O. The fraction of sp³-hybridized carbons (Fsp3) is 0.941. The van der Waals surface area contributed by atoms with Crippen LogP contribution >= 0.6 is 0 Å². The molecule has 0 aromatic rings. The molecule has 5 unspecified atom stereocenters. The van der Waals surface area contributed by atoms with E-state index in [-0.39, 0.29) is 0 Å². The first-order chi connectivity index (χ1) is 29.2. The summed E-state index contributed by atoms with van der Waals surface area (Å²) in [5.41, 5.74) is 0. The molecule has 0 spiro atoms. The van der Waals surface area contributed by atoms with E-state index in [0.29, 0.717) is 0 Å². The number of nitrogens with one attached hydrogen (secondary N) is 2. The number of carbonyl (C=O) groups is 2.